The van der Waals surface area contributed by atoms with Crippen molar-refractivity contribution >= 4 is 11.9 Å². The first-order valence-corrected chi connectivity index (χ1v) is 9.43. The highest BCUT2D eigenvalue weighted by Gasteiger charge is 2.09. The second kappa shape index (κ2) is 13.9. The second-order valence-corrected chi connectivity index (χ2v) is 6.05. The van der Waals surface area contributed by atoms with Crippen molar-refractivity contribution in [3.8, 4) is 11.5 Å². The Hall–Kier alpha value is -2.28. The molecule has 0 fully saturated rings. The molecule has 1 aromatic rings. The Kier molecular flexibility index (Phi) is 11.7. The van der Waals surface area contributed by atoms with Crippen LogP contribution in [-0.2, 0) is 20.7 Å². The first-order chi connectivity index (χ1) is 13.1. The van der Waals surface area contributed by atoms with E-state index in [4.69, 9.17) is 24.4 Å². The van der Waals surface area contributed by atoms with Gasteiger partial charge in [-0.3, -0.25) is 9.59 Å². The Labute approximate surface area is 160 Å². The molecule has 7 heteroatoms. The molecular weight excluding hydrogens is 352 g/mol. The zero-order valence-electron chi connectivity index (χ0n) is 15.9. The number of aliphatic hydroxyl groups is 1. The number of carboxylic acid groups (broad SMARTS) is 1. The van der Waals surface area contributed by atoms with E-state index in [1.54, 1.807) is 25.1 Å². The fourth-order valence-electron chi connectivity index (χ4n) is 2.44. The molecule has 0 unspecified atom stereocenters. The number of rotatable bonds is 15. The van der Waals surface area contributed by atoms with Crippen molar-refractivity contribution in [3.63, 3.8) is 0 Å². The maximum Gasteiger partial charge on any atom is 0.305 e. The third kappa shape index (κ3) is 10.5. The Bertz CT molecular complexity index is 571. The largest absolute Gasteiger partial charge is 0.494 e. The number of hydrogen-bond acceptors (Lipinski definition) is 6. The highest BCUT2D eigenvalue weighted by Crippen LogP contribution is 2.26. The number of unbranched alkanes of at least 4 members (excludes halogenated alkanes) is 2. The van der Waals surface area contributed by atoms with Gasteiger partial charge in [-0.2, -0.15) is 0 Å². The number of carbonyl (C=O) groups is 2. The van der Waals surface area contributed by atoms with Gasteiger partial charge in [-0.05, 0) is 62.8 Å². The van der Waals surface area contributed by atoms with Gasteiger partial charge in [0.05, 0.1) is 19.8 Å². The molecule has 0 aliphatic rings. The topological polar surface area (TPSA) is 102 Å². The summed E-state index contributed by atoms with van der Waals surface area (Å²) in [5.74, 6) is 0.156. The van der Waals surface area contributed by atoms with Crippen LogP contribution in [0.2, 0.25) is 0 Å². The van der Waals surface area contributed by atoms with Crippen molar-refractivity contribution in [2.75, 3.05) is 26.4 Å². The van der Waals surface area contributed by atoms with Crippen LogP contribution in [0.4, 0.5) is 0 Å². The molecule has 0 saturated heterocycles. The Balaban J connectivity index is 2.56. The number of esters is 1. The lowest BCUT2D eigenvalue weighted by Crippen LogP contribution is -2.07. The lowest BCUT2D eigenvalue weighted by molar-refractivity contribution is -0.143. The molecule has 0 bridgehead atoms. The molecule has 7 nitrogen and oxygen atoms in total. The minimum atomic E-state index is -0.871. The third-order valence-corrected chi connectivity index (χ3v) is 3.80. The highest BCUT2D eigenvalue weighted by atomic mass is 16.5. The molecule has 0 aliphatic heterocycles. The van der Waals surface area contributed by atoms with Gasteiger partial charge in [0.25, 0.3) is 0 Å². The molecule has 0 spiro atoms. The van der Waals surface area contributed by atoms with Crippen molar-refractivity contribution in [1.29, 1.82) is 0 Å². The van der Waals surface area contributed by atoms with Crippen molar-refractivity contribution in [2.24, 2.45) is 0 Å². The minimum Gasteiger partial charge on any atom is -0.494 e. The summed E-state index contributed by atoms with van der Waals surface area (Å²) in [6.07, 6.45) is 3.65. The van der Waals surface area contributed by atoms with E-state index >= 15 is 0 Å². The number of carbonyl (C=O) groups excluding carboxylic acids is 1. The van der Waals surface area contributed by atoms with Crippen LogP contribution in [0, 0.1) is 0 Å². The molecule has 0 heterocycles. The number of aliphatic hydroxyl groups excluding tert-OH is 1. The van der Waals surface area contributed by atoms with Gasteiger partial charge < -0.3 is 24.4 Å². The van der Waals surface area contributed by atoms with Crippen LogP contribution in [0.15, 0.2) is 18.2 Å². The molecule has 0 aromatic heterocycles. The molecule has 2 N–H and O–H groups in total. The number of carboxylic acids is 1. The Morgan fingerprint density at radius 3 is 2.48 bits per heavy atom. The average Bonchev–Trinajstić information content (AvgIpc) is 2.64. The predicted octanol–water partition coefficient (Wildman–Crippen LogP) is 2.97. The minimum absolute atomic E-state index is 0.00713. The molecule has 27 heavy (non-hydrogen) atoms. The van der Waals surface area contributed by atoms with Gasteiger partial charge in [0.2, 0.25) is 0 Å². The first kappa shape index (κ1) is 22.8. The fraction of sp³-hybridized carbons (Fsp3) is 0.600. The molecule has 0 saturated carbocycles. The number of ether oxygens (including phenoxy) is 3. The van der Waals surface area contributed by atoms with Crippen LogP contribution in [0.5, 0.6) is 11.5 Å². The third-order valence-electron chi connectivity index (χ3n) is 3.80. The van der Waals surface area contributed by atoms with E-state index < -0.39 is 5.97 Å². The highest BCUT2D eigenvalue weighted by molar-refractivity contribution is 5.69. The summed E-state index contributed by atoms with van der Waals surface area (Å²) < 4.78 is 16.3. The zero-order valence-corrected chi connectivity index (χ0v) is 15.9. The van der Waals surface area contributed by atoms with E-state index in [1.165, 1.54) is 0 Å². The summed E-state index contributed by atoms with van der Waals surface area (Å²) in [6, 6.07) is 5.35. The molecule has 0 radical (unpaired) electrons. The molecule has 0 amide bonds. The second-order valence-electron chi connectivity index (χ2n) is 6.05. The van der Waals surface area contributed by atoms with Gasteiger partial charge in [0.15, 0.2) is 0 Å². The van der Waals surface area contributed by atoms with Gasteiger partial charge in [-0.1, -0.05) is 0 Å². The maximum absolute atomic E-state index is 11.3. The van der Waals surface area contributed by atoms with Crippen LogP contribution >= 0.6 is 0 Å². The van der Waals surface area contributed by atoms with Gasteiger partial charge in [-0.25, -0.2) is 0 Å². The molecular formula is C20H30O7. The summed E-state index contributed by atoms with van der Waals surface area (Å²) in [5, 5.41) is 17.7. The van der Waals surface area contributed by atoms with Crippen LogP contribution in [0.1, 0.15) is 51.0 Å². The predicted molar refractivity (Wildman–Crippen MR) is 100 cm³/mol. The smallest absolute Gasteiger partial charge is 0.305 e. The maximum atomic E-state index is 11.3. The van der Waals surface area contributed by atoms with Crippen LogP contribution < -0.4 is 9.47 Å². The summed E-state index contributed by atoms with van der Waals surface area (Å²) in [5.41, 5.74) is 0.780. The van der Waals surface area contributed by atoms with Crippen LogP contribution in [-0.4, -0.2) is 48.6 Å². The molecule has 1 aromatic carbocycles. The van der Waals surface area contributed by atoms with Gasteiger partial charge in [0.1, 0.15) is 11.5 Å². The van der Waals surface area contributed by atoms with Crippen molar-refractivity contribution in [1.82, 2.24) is 0 Å². The average molecular weight is 382 g/mol. The van der Waals surface area contributed by atoms with Crippen molar-refractivity contribution < 1.29 is 34.0 Å². The van der Waals surface area contributed by atoms with Gasteiger partial charge in [-0.15, -0.1) is 0 Å². The number of hydrogen-bond donors (Lipinski definition) is 2. The van der Waals surface area contributed by atoms with Crippen LogP contribution in [0.25, 0.3) is 0 Å². The Morgan fingerprint density at radius 2 is 1.78 bits per heavy atom. The monoisotopic (exact) mass is 382 g/mol. The van der Waals surface area contributed by atoms with Crippen molar-refractivity contribution in [3.05, 3.63) is 23.8 Å². The SMILES string of the molecule is CCOC(=O)CCCOc1ccc(OCCCCCO)c(CCC(=O)O)c1. The lowest BCUT2D eigenvalue weighted by atomic mass is 10.1. The zero-order chi connectivity index (χ0) is 19.9. The molecule has 1 rings (SSSR count). The Morgan fingerprint density at radius 1 is 1.00 bits per heavy atom. The normalized spacial score (nSPS) is 10.4. The number of aliphatic carboxylic acids is 1. The molecule has 0 atom stereocenters. The van der Waals surface area contributed by atoms with Crippen LogP contribution in [0.3, 0.4) is 0 Å². The van der Waals surface area contributed by atoms with E-state index in [9.17, 15) is 9.59 Å². The van der Waals surface area contributed by atoms with Gasteiger partial charge in [0, 0.05) is 19.4 Å². The van der Waals surface area contributed by atoms with E-state index in [1.807, 2.05) is 0 Å². The van der Waals surface area contributed by atoms with Crippen molar-refractivity contribution in [2.45, 2.75) is 51.9 Å². The summed E-state index contributed by atoms with van der Waals surface area (Å²) in [7, 11) is 0. The first-order valence-electron chi connectivity index (χ1n) is 9.43. The number of benzene rings is 1. The van der Waals surface area contributed by atoms with E-state index in [-0.39, 0.29) is 19.0 Å². The number of aryl methyl sites for hydroxylation is 1. The summed E-state index contributed by atoms with van der Waals surface area (Å²) in [6.45, 7) is 3.20. The summed E-state index contributed by atoms with van der Waals surface area (Å²) >= 11 is 0. The fourth-order valence-corrected chi connectivity index (χ4v) is 2.44. The standard InChI is InChI=1S/C20H30O7/c1-2-25-20(24)7-6-14-26-17-9-10-18(27-13-5-3-4-12-21)16(15-17)8-11-19(22)23/h9-10,15,21H,2-8,11-14H2,1H3,(H,22,23). The lowest BCUT2D eigenvalue weighted by Gasteiger charge is -2.13. The molecule has 0 aliphatic carbocycles. The van der Waals surface area contributed by atoms with E-state index in [0.717, 1.165) is 24.8 Å². The van der Waals surface area contributed by atoms with E-state index in [0.29, 0.717) is 50.6 Å². The van der Waals surface area contributed by atoms with E-state index in [2.05, 4.69) is 0 Å². The van der Waals surface area contributed by atoms with Gasteiger partial charge >= 0.3 is 11.9 Å². The molecule has 152 valence electrons. The summed E-state index contributed by atoms with van der Waals surface area (Å²) in [4.78, 5) is 22.2. The quantitative estimate of drug-likeness (QED) is 0.355.